The maximum atomic E-state index is 10.5. The molecule has 2 rings (SSSR count). The van der Waals surface area contributed by atoms with Gasteiger partial charge in [-0.1, -0.05) is 23.7 Å². The molecule has 2 aromatic rings. The van der Waals surface area contributed by atoms with Crippen LogP contribution in [-0.2, 0) is 11.2 Å². The fraction of sp³-hybridized carbons (Fsp3) is 0.100. The van der Waals surface area contributed by atoms with Gasteiger partial charge in [0, 0.05) is 10.9 Å². The van der Waals surface area contributed by atoms with Gasteiger partial charge in [-0.25, -0.2) is 0 Å². The van der Waals surface area contributed by atoms with E-state index in [-0.39, 0.29) is 6.42 Å². The number of hydrogen-bond donors (Lipinski definition) is 1. The monoisotopic (exact) mass is 210 g/mol. The Kier molecular flexibility index (Phi) is 2.17. The Morgan fingerprint density at radius 3 is 3.00 bits per heavy atom. The number of aliphatic carboxylic acids is 1. The van der Waals surface area contributed by atoms with E-state index >= 15 is 0 Å². The van der Waals surface area contributed by atoms with Gasteiger partial charge in [0.1, 0.15) is 0 Å². The normalized spacial score (nSPS) is 10.6. The molecule has 4 heteroatoms. The Bertz CT molecular complexity index is 487. The van der Waals surface area contributed by atoms with Crippen LogP contribution in [0, 0.1) is 0 Å². The highest BCUT2D eigenvalue weighted by atomic mass is 35.5. The van der Waals surface area contributed by atoms with Crippen molar-refractivity contribution in [1.29, 1.82) is 0 Å². The van der Waals surface area contributed by atoms with Crippen LogP contribution in [0.1, 0.15) is 5.56 Å². The molecule has 0 aliphatic carbocycles. The molecule has 1 aromatic carbocycles. The van der Waals surface area contributed by atoms with Crippen LogP contribution in [0.5, 0.6) is 0 Å². The van der Waals surface area contributed by atoms with Crippen molar-refractivity contribution in [2.45, 2.75) is 6.42 Å². The van der Waals surface area contributed by atoms with Crippen LogP contribution in [0.15, 0.2) is 28.9 Å². The van der Waals surface area contributed by atoms with Crippen LogP contribution in [-0.4, -0.2) is 11.1 Å². The summed E-state index contributed by atoms with van der Waals surface area (Å²) in [6.07, 6.45) is 1.39. The largest absolute Gasteiger partial charge is 0.481 e. The summed E-state index contributed by atoms with van der Waals surface area (Å²) in [6.45, 7) is 0. The Hall–Kier alpha value is -1.48. The molecule has 0 saturated heterocycles. The first kappa shape index (κ1) is 9.09. The number of benzene rings is 1. The highest BCUT2D eigenvalue weighted by Gasteiger charge is 2.10. The van der Waals surface area contributed by atoms with Crippen molar-refractivity contribution >= 4 is 28.5 Å². The van der Waals surface area contributed by atoms with Gasteiger partial charge in [-0.2, -0.15) is 0 Å². The minimum atomic E-state index is -0.882. The number of carboxylic acids is 1. The van der Waals surface area contributed by atoms with E-state index in [2.05, 4.69) is 0 Å². The van der Waals surface area contributed by atoms with Crippen LogP contribution in [0.4, 0.5) is 0 Å². The third-order valence-corrected chi connectivity index (χ3v) is 2.27. The van der Waals surface area contributed by atoms with E-state index in [1.807, 2.05) is 0 Å². The summed E-state index contributed by atoms with van der Waals surface area (Å²) >= 11 is 5.87. The number of carboxylic acid groups (broad SMARTS) is 1. The first-order chi connectivity index (χ1) is 6.68. The van der Waals surface area contributed by atoms with Crippen molar-refractivity contribution in [3.8, 4) is 0 Å². The van der Waals surface area contributed by atoms with Crippen LogP contribution in [0.25, 0.3) is 11.0 Å². The molecule has 0 amide bonds. The van der Waals surface area contributed by atoms with Gasteiger partial charge in [-0.15, -0.1) is 0 Å². The average molecular weight is 211 g/mol. The molecule has 0 spiro atoms. The molecule has 1 N–H and O–H groups in total. The van der Waals surface area contributed by atoms with Gasteiger partial charge in [0.2, 0.25) is 0 Å². The molecule has 1 heterocycles. The lowest BCUT2D eigenvalue weighted by atomic mass is 10.1. The van der Waals surface area contributed by atoms with E-state index in [1.54, 1.807) is 18.2 Å². The Morgan fingerprint density at radius 2 is 2.29 bits per heavy atom. The van der Waals surface area contributed by atoms with Crippen molar-refractivity contribution < 1.29 is 14.3 Å². The van der Waals surface area contributed by atoms with Gasteiger partial charge in [-0.3, -0.25) is 4.79 Å². The molecule has 1 aromatic heterocycles. The number of carbonyl (C=O) groups is 1. The smallest absolute Gasteiger partial charge is 0.307 e. The van der Waals surface area contributed by atoms with Gasteiger partial charge in [0.25, 0.3) is 0 Å². The van der Waals surface area contributed by atoms with E-state index in [0.29, 0.717) is 16.2 Å². The second-order valence-corrected chi connectivity index (χ2v) is 3.36. The fourth-order valence-electron chi connectivity index (χ4n) is 1.37. The third kappa shape index (κ3) is 1.46. The topological polar surface area (TPSA) is 50.4 Å². The lowest BCUT2D eigenvalue weighted by Gasteiger charge is -1.93. The Labute approximate surface area is 84.9 Å². The fourth-order valence-corrected chi connectivity index (χ4v) is 1.59. The molecule has 3 nitrogen and oxygen atoms in total. The molecule has 0 saturated carbocycles. The third-order valence-electron chi connectivity index (χ3n) is 1.97. The van der Waals surface area contributed by atoms with Gasteiger partial charge >= 0.3 is 5.97 Å². The maximum absolute atomic E-state index is 10.5. The highest BCUT2D eigenvalue weighted by molar-refractivity contribution is 6.34. The zero-order valence-electron chi connectivity index (χ0n) is 7.16. The summed E-state index contributed by atoms with van der Waals surface area (Å²) in [5.74, 6) is -0.882. The molecule has 14 heavy (non-hydrogen) atoms. The van der Waals surface area contributed by atoms with Gasteiger partial charge in [0.05, 0.1) is 17.7 Å². The lowest BCUT2D eigenvalue weighted by molar-refractivity contribution is -0.136. The number of furan rings is 1. The van der Waals surface area contributed by atoms with Gasteiger partial charge in [-0.05, 0) is 6.07 Å². The second kappa shape index (κ2) is 3.35. The van der Waals surface area contributed by atoms with E-state index in [4.69, 9.17) is 21.1 Å². The molecule has 0 aliphatic rings. The van der Waals surface area contributed by atoms with Crippen molar-refractivity contribution in [3.05, 3.63) is 35.0 Å². The zero-order chi connectivity index (χ0) is 10.1. The quantitative estimate of drug-likeness (QED) is 0.829. The summed E-state index contributed by atoms with van der Waals surface area (Å²) in [4.78, 5) is 10.5. The van der Waals surface area contributed by atoms with Crippen molar-refractivity contribution in [1.82, 2.24) is 0 Å². The summed E-state index contributed by atoms with van der Waals surface area (Å²) in [7, 11) is 0. The predicted octanol–water partition coefficient (Wildman–Crippen LogP) is 2.71. The molecule has 0 aliphatic heterocycles. The number of fused-ring (bicyclic) bond motifs is 1. The van der Waals surface area contributed by atoms with Gasteiger partial charge in [0.15, 0.2) is 5.58 Å². The van der Waals surface area contributed by atoms with Crippen molar-refractivity contribution in [3.63, 3.8) is 0 Å². The van der Waals surface area contributed by atoms with Crippen molar-refractivity contribution in [2.75, 3.05) is 0 Å². The van der Waals surface area contributed by atoms with Crippen LogP contribution < -0.4 is 0 Å². The van der Waals surface area contributed by atoms with Crippen LogP contribution >= 0.6 is 11.6 Å². The standard InChI is InChI=1S/C10H7ClO3/c11-8-3-1-2-7-6(4-9(12)13)5-14-10(7)8/h1-3,5H,4H2,(H,12,13). The maximum Gasteiger partial charge on any atom is 0.307 e. The summed E-state index contributed by atoms with van der Waals surface area (Å²) in [6, 6.07) is 5.27. The summed E-state index contributed by atoms with van der Waals surface area (Å²) < 4.78 is 5.19. The Morgan fingerprint density at radius 1 is 1.50 bits per heavy atom. The summed E-state index contributed by atoms with van der Waals surface area (Å²) in [5.41, 5.74) is 1.19. The SMILES string of the molecule is O=C(O)Cc1coc2c(Cl)cccc12. The number of hydrogen-bond acceptors (Lipinski definition) is 2. The van der Waals surface area contributed by atoms with Gasteiger partial charge < -0.3 is 9.52 Å². The highest BCUT2D eigenvalue weighted by Crippen LogP contribution is 2.27. The molecule has 0 radical (unpaired) electrons. The van der Waals surface area contributed by atoms with E-state index in [0.717, 1.165) is 5.39 Å². The van der Waals surface area contributed by atoms with Crippen LogP contribution in [0.3, 0.4) is 0 Å². The average Bonchev–Trinajstić information content (AvgIpc) is 2.49. The minimum absolute atomic E-state index is 0.0483. The molecule has 0 atom stereocenters. The first-order valence-corrected chi connectivity index (χ1v) is 4.42. The van der Waals surface area contributed by atoms with Crippen molar-refractivity contribution in [2.24, 2.45) is 0 Å². The molecule has 72 valence electrons. The summed E-state index contributed by atoms with van der Waals surface area (Å²) in [5, 5.41) is 9.90. The predicted molar refractivity (Wildman–Crippen MR) is 52.6 cm³/mol. The van der Waals surface area contributed by atoms with E-state index in [9.17, 15) is 4.79 Å². The molecule has 0 bridgehead atoms. The number of halogens is 1. The molecule has 0 fully saturated rings. The van der Waals surface area contributed by atoms with E-state index < -0.39 is 5.97 Å². The number of para-hydroxylation sites is 1. The molecular formula is C10H7ClO3. The van der Waals surface area contributed by atoms with E-state index in [1.165, 1.54) is 6.26 Å². The molecule has 0 unspecified atom stereocenters. The van der Waals surface area contributed by atoms with Crippen LogP contribution in [0.2, 0.25) is 5.02 Å². The zero-order valence-corrected chi connectivity index (χ0v) is 7.91. The molecular weight excluding hydrogens is 204 g/mol. The number of rotatable bonds is 2. The Balaban J connectivity index is 2.58. The first-order valence-electron chi connectivity index (χ1n) is 4.05. The second-order valence-electron chi connectivity index (χ2n) is 2.95. The lowest BCUT2D eigenvalue weighted by Crippen LogP contribution is -1.98. The minimum Gasteiger partial charge on any atom is -0.481 e.